The van der Waals surface area contributed by atoms with Crippen LogP contribution in [0.5, 0.6) is 0 Å². The molecule has 3 aromatic rings. The van der Waals surface area contributed by atoms with Crippen molar-refractivity contribution in [2.75, 3.05) is 23.3 Å². The number of aromatic nitrogens is 4. The van der Waals surface area contributed by atoms with Gasteiger partial charge in [0.1, 0.15) is 0 Å². The van der Waals surface area contributed by atoms with E-state index in [0.29, 0.717) is 28.1 Å². The molecular weight excluding hydrogens is 423 g/mol. The van der Waals surface area contributed by atoms with Crippen molar-refractivity contribution in [1.29, 1.82) is 0 Å². The van der Waals surface area contributed by atoms with E-state index in [2.05, 4.69) is 25.5 Å². The Morgan fingerprint density at radius 1 is 1.13 bits per heavy atom. The Labute approximate surface area is 185 Å². The first-order valence-electron chi connectivity index (χ1n) is 9.79. The van der Waals surface area contributed by atoms with Crippen LogP contribution in [0.1, 0.15) is 24.2 Å². The van der Waals surface area contributed by atoms with Gasteiger partial charge in [0.15, 0.2) is 11.6 Å². The maximum atomic E-state index is 12.8. The van der Waals surface area contributed by atoms with Gasteiger partial charge in [-0.2, -0.15) is 5.10 Å². The minimum atomic E-state index is -0.175. The summed E-state index contributed by atoms with van der Waals surface area (Å²) in [6.07, 6.45) is 1.69. The number of aryl methyl sites for hydroxylation is 2. The zero-order valence-corrected chi connectivity index (χ0v) is 18.3. The Hall–Kier alpha value is -2.64. The smallest absolute Gasteiger partial charge is 0.229 e. The molecule has 1 N–H and O–H groups in total. The summed E-state index contributed by atoms with van der Waals surface area (Å²) in [7, 11) is 0. The fourth-order valence-electron chi connectivity index (χ4n) is 3.70. The topological polar surface area (TPSA) is 75.9 Å². The average molecular weight is 445 g/mol. The first-order chi connectivity index (χ1) is 14.4. The summed E-state index contributed by atoms with van der Waals surface area (Å²) < 4.78 is 1.77. The summed E-state index contributed by atoms with van der Waals surface area (Å²) in [6.45, 7) is 5.32. The van der Waals surface area contributed by atoms with Gasteiger partial charge in [0, 0.05) is 18.8 Å². The number of piperidine rings is 1. The van der Waals surface area contributed by atoms with E-state index < -0.39 is 0 Å². The summed E-state index contributed by atoms with van der Waals surface area (Å²) in [4.78, 5) is 14.9. The van der Waals surface area contributed by atoms with Gasteiger partial charge in [-0.1, -0.05) is 29.3 Å². The lowest BCUT2D eigenvalue weighted by Gasteiger charge is -2.32. The molecule has 4 rings (SSSR count). The van der Waals surface area contributed by atoms with Crippen LogP contribution >= 0.6 is 23.2 Å². The Bertz CT molecular complexity index is 1070. The van der Waals surface area contributed by atoms with Crippen molar-refractivity contribution in [3.8, 4) is 5.82 Å². The highest BCUT2D eigenvalue weighted by molar-refractivity contribution is 6.44. The second-order valence-corrected chi connectivity index (χ2v) is 8.25. The van der Waals surface area contributed by atoms with E-state index in [-0.39, 0.29) is 11.8 Å². The molecule has 0 radical (unpaired) electrons. The number of hydrogen-bond donors (Lipinski definition) is 1. The van der Waals surface area contributed by atoms with Crippen LogP contribution in [0.2, 0.25) is 10.0 Å². The molecule has 1 aliphatic heterocycles. The second kappa shape index (κ2) is 8.62. The number of anilines is 2. The molecule has 9 heteroatoms. The number of amides is 1. The zero-order chi connectivity index (χ0) is 21.3. The normalized spacial score (nSPS) is 16.5. The number of nitrogens with zero attached hydrogens (tertiary/aromatic N) is 5. The predicted molar refractivity (Wildman–Crippen MR) is 119 cm³/mol. The standard InChI is InChI=1S/C21H22Cl2N6O/c1-13-11-14(2)29(27-13)19-9-8-18(25-26-19)28-10-4-5-15(12-28)21(30)24-17-7-3-6-16(22)20(17)23/h3,6-9,11,15H,4-5,10,12H2,1-2H3,(H,24,30)/t15-/m0/s1. The molecular formula is C21H22Cl2N6O. The third kappa shape index (κ3) is 4.27. The van der Waals surface area contributed by atoms with Gasteiger partial charge in [0.2, 0.25) is 5.91 Å². The Morgan fingerprint density at radius 3 is 2.60 bits per heavy atom. The van der Waals surface area contributed by atoms with Crippen LogP contribution in [0.25, 0.3) is 5.82 Å². The van der Waals surface area contributed by atoms with Gasteiger partial charge in [0.05, 0.1) is 27.3 Å². The van der Waals surface area contributed by atoms with Crippen molar-refractivity contribution in [1.82, 2.24) is 20.0 Å². The molecule has 1 aliphatic rings. The molecule has 0 aliphatic carbocycles. The molecule has 1 fully saturated rings. The van der Waals surface area contributed by atoms with Gasteiger partial charge in [-0.3, -0.25) is 4.79 Å². The minimum absolute atomic E-state index is 0.0731. The summed E-state index contributed by atoms with van der Waals surface area (Å²) in [5.74, 6) is 1.17. The maximum Gasteiger partial charge on any atom is 0.229 e. The summed E-state index contributed by atoms with van der Waals surface area (Å²) in [5, 5.41) is 16.8. The fraction of sp³-hybridized carbons (Fsp3) is 0.333. The van der Waals surface area contributed by atoms with E-state index in [0.717, 1.165) is 36.6 Å². The molecule has 7 nitrogen and oxygen atoms in total. The van der Waals surface area contributed by atoms with E-state index in [9.17, 15) is 4.79 Å². The van der Waals surface area contributed by atoms with Crippen LogP contribution in [-0.4, -0.2) is 39.0 Å². The Morgan fingerprint density at radius 2 is 1.90 bits per heavy atom. The van der Waals surface area contributed by atoms with Crippen molar-refractivity contribution in [2.24, 2.45) is 5.92 Å². The molecule has 0 unspecified atom stereocenters. The summed E-state index contributed by atoms with van der Waals surface area (Å²) in [5.41, 5.74) is 2.47. The largest absolute Gasteiger partial charge is 0.354 e. The number of halogens is 2. The van der Waals surface area contributed by atoms with E-state index >= 15 is 0 Å². The Kier molecular flexibility index (Phi) is 5.92. The van der Waals surface area contributed by atoms with Crippen molar-refractivity contribution in [2.45, 2.75) is 26.7 Å². The van der Waals surface area contributed by atoms with Crippen LogP contribution in [0, 0.1) is 19.8 Å². The Balaban J connectivity index is 1.45. The molecule has 0 bridgehead atoms. The number of rotatable bonds is 4. The van der Waals surface area contributed by atoms with Gasteiger partial charge in [-0.05, 0) is 57.0 Å². The predicted octanol–water partition coefficient (Wildman–Crippen LogP) is 4.44. The van der Waals surface area contributed by atoms with Gasteiger partial charge in [-0.15, -0.1) is 10.2 Å². The maximum absolute atomic E-state index is 12.8. The van der Waals surface area contributed by atoms with Crippen molar-refractivity contribution in [3.63, 3.8) is 0 Å². The fourth-order valence-corrected chi connectivity index (χ4v) is 4.04. The number of benzene rings is 1. The molecule has 0 spiro atoms. The van der Waals surface area contributed by atoms with Crippen LogP contribution in [0.4, 0.5) is 11.5 Å². The van der Waals surface area contributed by atoms with E-state index in [1.165, 1.54) is 0 Å². The van der Waals surface area contributed by atoms with Crippen LogP contribution in [0.15, 0.2) is 36.4 Å². The van der Waals surface area contributed by atoms with Crippen LogP contribution < -0.4 is 10.2 Å². The van der Waals surface area contributed by atoms with Gasteiger partial charge in [-0.25, -0.2) is 4.68 Å². The molecule has 1 aromatic carbocycles. The summed E-state index contributed by atoms with van der Waals surface area (Å²) >= 11 is 12.2. The quantitative estimate of drug-likeness (QED) is 0.643. The highest BCUT2D eigenvalue weighted by atomic mass is 35.5. The van der Waals surface area contributed by atoms with Crippen LogP contribution in [0.3, 0.4) is 0 Å². The second-order valence-electron chi connectivity index (χ2n) is 7.46. The van der Waals surface area contributed by atoms with E-state index in [1.54, 1.807) is 22.9 Å². The van der Waals surface area contributed by atoms with E-state index in [1.807, 2.05) is 32.0 Å². The third-order valence-corrected chi connectivity index (χ3v) is 6.01. The van der Waals surface area contributed by atoms with Crippen molar-refractivity contribution < 1.29 is 4.79 Å². The molecule has 1 atom stereocenters. The molecule has 0 saturated carbocycles. The highest BCUT2D eigenvalue weighted by Crippen LogP contribution is 2.30. The molecule has 156 valence electrons. The minimum Gasteiger partial charge on any atom is -0.354 e. The third-order valence-electron chi connectivity index (χ3n) is 5.19. The lowest BCUT2D eigenvalue weighted by molar-refractivity contribution is -0.120. The van der Waals surface area contributed by atoms with Gasteiger partial charge >= 0.3 is 0 Å². The molecule has 2 aromatic heterocycles. The van der Waals surface area contributed by atoms with Crippen molar-refractivity contribution in [3.05, 3.63) is 57.8 Å². The lowest BCUT2D eigenvalue weighted by atomic mass is 9.97. The van der Waals surface area contributed by atoms with E-state index in [4.69, 9.17) is 23.2 Å². The lowest BCUT2D eigenvalue weighted by Crippen LogP contribution is -2.41. The van der Waals surface area contributed by atoms with Crippen molar-refractivity contribution >= 4 is 40.6 Å². The number of carbonyl (C=O) groups is 1. The SMILES string of the molecule is Cc1cc(C)n(-c2ccc(N3CCC[C@H](C(=O)Nc4cccc(Cl)c4Cl)C3)nn2)n1. The van der Waals surface area contributed by atoms with Gasteiger partial charge in [0.25, 0.3) is 0 Å². The molecule has 1 saturated heterocycles. The number of carbonyl (C=O) groups excluding carboxylic acids is 1. The van der Waals surface area contributed by atoms with Crippen LogP contribution in [-0.2, 0) is 4.79 Å². The molecule has 1 amide bonds. The first kappa shape index (κ1) is 20.6. The average Bonchev–Trinajstić information content (AvgIpc) is 3.09. The summed E-state index contributed by atoms with van der Waals surface area (Å²) in [6, 6.07) is 11.0. The monoisotopic (exact) mass is 444 g/mol. The first-order valence-corrected chi connectivity index (χ1v) is 10.5. The van der Waals surface area contributed by atoms with Gasteiger partial charge < -0.3 is 10.2 Å². The molecule has 30 heavy (non-hydrogen) atoms. The molecule has 3 heterocycles. The number of nitrogens with one attached hydrogen (secondary N) is 1. The highest BCUT2D eigenvalue weighted by Gasteiger charge is 2.27. The zero-order valence-electron chi connectivity index (χ0n) is 16.8. The number of hydrogen-bond acceptors (Lipinski definition) is 5.